The maximum Gasteiger partial charge on any atom is 0.339 e. The molecular weight excluding hydrogens is 248 g/mol. The van der Waals surface area contributed by atoms with Crippen molar-refractivity contribution in [3.05, 3.63) is 23.4 Å². The highest BCUT2D eigenvalue weighted by Crippen LogP contribution is 2.25. The molecule has 1 unspecified atom stereocenters. The predicted molar refractivity (Wildman–Crippen MR) is 74.5 cm³/mol. The Kier molecular flexibility index (Phi) is 4.47. The number of thioether (sulfide) groups is 1. The summed E-state index contributed by atoms with van der Waals surface area (Å²) in [6.07, 6.45) is 5.42. The molecule has 0 spiro atoms. The van der Waals surface area contributed by atoms with Crippen LogP contribution < -0.4 is 5.32 Å². The molecule has 0 bridgehead atoms. The van der Waals surface area contributed by atoms with Crippen LogP contribution in [0.3, 0.4) is 0 Å². The molecule has 4 nitrogen and oxygen atoms in total. The van der Waals surface area contributed by atoms with Gasteiger partial charge in [-0.2, -0.15) is 11.8 Å². The van der Waals surface area contributed by atoms with E-state index in [0.29, 0.717) is 16.6 Å². The molecule has 1 aromatic heterocycles. The third-order valence-electron chi connectivity index (χ3n) is 3.14. The standard InChI is InChI=1S/C13H18N2O2S/c1-9-5-6-14-12(11(9)13(16)17)15-8-10-4-2-3-7-18-10/h5-6,10H,2-4,7-8H2,1H3,(H,14,15)(H,16,17). The van der Waals surface area contributed by atoms with Crippen LogP contribution in [0, 0.1) is 6.92 Å². The molecule has 0 saturated carbocycles. The number of carboxylic acid groups (broad SMARTS) is 1. The highest BCUT2D eigenvalue weighted by atomic mass is 32.2. The van der Waals surface area contributed by atoms with Gasteiger partial charge in [-0.25, -0.2) is 9.78 Å². The second-order valence-electron chi connectivity index (χ2n) is 4.53. The van der Waals surface area contributed by atoms with Crippen molar-refractivity contribution in [3.8, 4) is 0 Å². The summed E-state index contributed by atoms with van der Waals surface area (Å²) in [4.78, 5) is 15.4. The normalized spacial score (nSPS) is 19.5. The highest BCUT2D eigenvalue weighted by molar-refractivity contribution is 7.99. The van der Waals surface area contributed by atoms with Crippen molar-refractivity contribution >= 4 is 23.5 Å². The number of hydrogen-bond donors (Lipinski definition) is 2. The van der Waals surface area contributed by atoms with Crippen LogP contribution in [0.5, 0.6) is 0 Å². The molecule has 1 aliphatic rings. The number of carbonyl (C=O) groups is 1. The maximum atomic E-state index is 11.2. The van der Waals surface area contributed by atoms with E-state index in [1.807, 2.05) is 11.8 Å². The molecular formula is C13H18N2O2S. The number of aromatic carboxylic acids is 1. The Balaban J connectivity index is 2.04. The molecule has 1 fully saturated rings. The number of anilines is 1. The minimum Gasteiger partial charge on any atom is -0.478 e. The molecule has 18 heavy (non-hydrogen) atoms. The number of nitrogens with one attached hydrogen (secondary N) is 1. The summed E-state index contributed by atoms with van der Waals surface area (Å²) in [5, 5.41) is 13.0. The Morgan fingerprint density at radius 3 is 3.11 bits per heavy atom. The molecule has 1 saturated heterocycles. The van der Waals surface area contributed by atoms with Gasteiger partial charge in [0.25, 0.3) is 0 Å². The lowest BCUT2D eigenvalue weighted by atomic mass is 10.1. The summed E-state index contributed by atoms with van der Waals surface area (Å²) in [7, 11) is 0. The van der Waals surface area contributed by atoms with Crippen molar-refractivity contribution in [3.63, 3.8) is 0 Å². The van der Waals surface area contributed by atoms with Gasteiger partial charge in [0, 0.05) is 18.0 Å². The van der Waals surface area contributed by atoms with Crippen molar-refractivity contribution in [2.24, 2.45) is 0 Å². The molecule has 0 aromatic carbocycles. The first-order valence-electron chi connectivity index (χ1n) is 6.23. The van der Waals surface area contributed by atoms with Crippen molar-refractivity contribution < 1.29 is 9.90 Å². The Labute approximate surface area is 111 Å². The molecule has 2 heterocycles. The van der Waals surface area contributed by atoms with Crippen LogP contribution in [-0.2, 0) is 0 Å². The van der Waals surface area contributed by atoms with Gasteiger partial charge < -0.3 is 10.4 Å². The first-order chi connectivity index (χ1) is 8.68. The van der Waals surface area contributed by atoms with E-state index in [1.54, 1.807) is 19.2 Å². The molecule has 1 aromatic rings. The topological polar surface area (TPSA) is 62.2 Å². The number of aryl methyl sites for hydroxylation is 1. The third kappa shape index (κ3) is 3.16. The zero-order valence-electron chi connectivity index (χ0n) is 10.5. The number of rotatable bonds is 4. The van der Waals surface area contributed by atoms with Crippen molar-refractivity contribution in [2.75, 3.05) is 17.6 Å². The monoisotopic (exact) mass is 266 g/mol. The predicted octanol–water partition coefficient (Wildman–Crippen LogP) is 2.79. The zero-order valence-corrected chi connectivity index (χ0v) is 11.3. The van der Waals surface area contributed by atoms with Crippen molar-refractivity contribution in [1.29, 1.82) is 0 Å². The van der Waals surface area contributed by atoms with Gasteiger partial charge in [-0.1, -0.05) is 6.42 Å². The minimum absolute atomic E-state index is 0.290. The second-order valence-corrected chi connectivity index (χ2v) is 5.93. The van der Waals surface area contributed by atoms with Gasteiger partial charge in [0.1, 0.15) is 11.4 Å². The number of hydrogen-bond acceptors (Lipinski definition) is 4. The van der Waals surface area contributed by atoms with E-state index in [2.05, 4.69) is 10.3 Å². The largest absolute Gasteiger partial charge is 0.478 e. The molecule has 1 aliphatic heterocycles. The average molecular weight is 266 g/mol. The fraction of sp³-hybridized carbons (Fsp3) is 0.538. The summed E-state index contributed by atoms with van der Waals surface area (Å²) in [5.74, 6) is 0.785. The van der Waals surface area contributed by atoms with Crippen LogP contribution in [0.15, 0.2) is 12.3 Å². The zero-order chi connectivity index (χ0) is 13.0. The van der Waals surface area contributed by atoms with E-state index in [4.69, 9.17) is 0 Å². The van der Waals surface area contributed by atoms with Crippen LogP contribution in [0.25, 0.3) is 0 Å². The summed E-state index contributed by atoms with van der Waals surface area (Å²) in [6.45, 7) is 2.59. The molecule has 2 rings (SSSR count). The summed E-state index contributed by atoms with van der Waals surface area (Å²) in [6, 6.07) is 1.73. The van der Waals surface area contributed by atoms with E-state index in [0.717, 1.165) is 12.1 Å². The Morgan fingerprint density at radius 1 is 1.61 bits per heavy atom. The fourth-order valence-electron chi connectivity index (χ4n) is 2.14. The molecule has 98 valence electrons. The van der Waals surface area contributed by atoms with E-state index in [1.165, 1.54) is 25.0 Å². The van der Waals surface area contributed by atoms with E-state index in [-0.39, 0.29) is 0 Å². The lowest BCUT2D eigenvalue weighted by Gasteiger charge is -2.22. The number of nitrogens with zero attached hydrogens (tertiary/aromatic N) is 1. The van der Waals surface area contributed by atoms with E-state index in [9.17, 15) is 9.90 Å². The van der Waals surface area contributed by atoms with Gasteiger partial charge >= 0.3 is 5.97 Å². The molecule has 1 atom stereocenters. The smallest absolute Gasteiger partial charge is 0.339 e. The van der Waals surface area contributed by atoms with Crippen LogP contribution in [0.1, 0.15) is 35.2 Å². The average Bonchev–Trinajstić information content (AvgIpc) is 2.37. The highest BCUT2D eigenvalue weighted by Gasteiger charge is 2.17. The number of pyridine rings is 1. The first-order valence-corrected chi connectivity index (χ1v) is 7.27. The van der Waals surface area contributed by atoms with Crippen molar-refractivity contribution in [2.45, 2.75) is 31.4 Å². The van der Waals surface area contributed by atoms with Crippen LogP contribution in [0.2, 0.25) is 0 Å². The van der Waals surface area contributed by atoms with Crippen molar-refractivity contribution in [1.82, 2.24) is 4.98 Å². The quantitative estimate of drug-likeness (QED) is 0.877. The van der Waals surface area contributed by atoms with E-state index >= 15 is 0 Å². The minimum atomic E-state index is -0.917. The SMILES string of the molecule is Cc1ccnc(NCC2CCCCS2)c1C(=O)O. The van der Waals surface area contributed by atoms with Crippen LogP contribution >= 0.6 is 11.8 Å². The summed E-state index contributed by atoms with van der Waals surface area (Å²) < 4.78 is 0. The molecule has 5 heteroatoms. The number of carboxylic acids is 1. The Morgan fingerprint density at radius 2 is 2.44 bits per heavy atom. The molecule has 0 radical (unpaired) electrons. The molecule has 0 aliphatic carbocycles. The Hall–Kier alpha value is -1.23. The van der Waals surface area contributed by atoms with Gasteiger partial charge in [-0.3, -0.25) is 0 Å². The first kappa shape index (κ1) is 13.2. The van der Waals surface area contributed by atoms with Crippen LogP contribution in [0.4, 0.5) is 5.82 Å². The lowest BCUT2D eigenvalue weighted by Crippen LogP contribution is -2.22. The van der Waals surface area contributed by atoms with Gasteiger partial charge in [0.05, 0.1) is 0 Å². The summed E-state index contributed by atoms with van der Waals surface area (Å²) >= 11 is 1.96. The lowest BCUT2D eigenvalue weighted by molar-refractivity contribution is 0.0697. The molecule has 0 amide bonds. The van der Waals surface area contributed by atoms with Crippen LogP contribution in [-0.4, -0.2) is 33.6 Å². The second kappa shape index (κ2) is 6.09. The number of aromatic nitrogens is 1. The van der Waals surface area contributed by atoms with Gasteiger partial charge in [-0.05, 0) is 37.1 Å². The maximum absolute atomic E-state index is 11.2. The van der Waals surface area contributed by atoms with E-state index < -0.39 is 5.97 Å². The van der Waals surface area contributed by atoms with Gasteiger partial charge in [-0.15, -0.1) is 0 Å². The fourth-order valence-corrected chi connectivity index (χ4v) is 3.38. The Bertz CT molecular complexity index is 431. The third-order valence-corrected chi connectivity index (χ3v) is 4.54. The van der Waals surface area contributed by atoms with Gasteiger partial charge in [0.15, 0.2) is 0 Å². The molecule has 2 N–H and O–H groups in total. The summed E-state index contributed by atoms with van der Waals surface area (Å²) in [5.41, 5.74) is 1.04. The van der Waals surface area contributed by atoms with Gasteiger partial charge in [0.2, 0.25) is 0 Å².